The van der Waals surface area contributed by atoms with E-state index in [0.29, 0.717) is 0 Å². The summed E-state index contributed by atoms with van der Waals surface area (Å²) >= 11 is 1.64. The van der Waals surface area contributed by atoms with Gasteiger partial charge in [0.05, 0.1) is 0 Å². The Morgan fingerprint density at radius 2 is 1.83 bits per heavy atom. The molecule has 38 valence electrons. The van der Waals surface area contributed by atoms with Gasteiger partial charge in [0.25, 0.3) is 0 Å². The van der Waals surface area contributed by atoms with Crippen molar-refractivity contribution in [3.63, 3.8) is 0 Å². The summed E-state index contributed by atoms with van der Waals surface area (Å²) in [4.78, 5) is 0. The monoisotopic (exact) mass is 177 g/mol. The fraction of sp³-hybridized carbons (Fsp3) is 0. The van der Waals surface area contributed by atoms with Gasteiger partial charge in [0.2, 0.25) is 0 Å². The first kappa shape index (κ1) is 6.39. The molecule has 0 aliphatic heterocycles. The Balaban J connectivity index is 3.85. The topological polar surface area (TPSA) is 63.6 Å². The summed E-state index contributed by atoms with van der Waals surface area (Å²) in [5.41, 5.74) is 0. The predicted octanol–water partition coefficient (Wildman–Crippen LogP) is -1.11. The second-order valence-corrected chi connectivity index (χ2v) is 2.34. The van der Waals surface area contributed by atoms with Crippen molar-refractivity contribution in [2.24, 2.45) is 0 Å². The van der Waals surface area contributed by atoms with Crippen molar-refractivity contribution in [3.05, 3.63) is 0 Å². The Hall–Kier alpha value is 0.389. The molecule has 0 aliphatic rings. The van der Waals surface area contributed by atoms with Crippen molar-refractivity contribution < 1.29 is 16.2 Å². The van der Waals surface area contributed by atoms with E-state index < -0.39 is 10.4 Å². The average Bonchev–Trinajstić information content (AvgIpc) is 1.35. The van der Waals surface area contributed by atoms with Crippen LogP contribution in [-0.2, 0) is 13.7 Å². The molecule has 4 nitrogen and oxygen atoms in total. The second kappa shape index (κ2) is 1.90. The Bertz CT molecular complexity index is 110. The van der Waals surface area contributed by atoms with E-state index in [4.69, 9.17) is 4.55 Å². The Morgan fingerprint density at radius 3 is 1.83 bits per heavy atom. The molecular weight excluding hydrogens is 175 g/mol. The standard InChI is InChI=1S/H2O4SSe/c1-5(2,3)4-6/h6H,(H,1,2,3)/p-1. The predicted molar refractivity (Wildman–Crippen MR) is 18.4 cm³/mol. The molecule has 0 radical (unpaired) electrons. The Labute approximate surface area is 43.6 Å². The second-order valence-electron chi connectivity index (χ2n) is 0.496. The van der Waals surface area contributed by atoms with Gasteiger partial charge in [-0.15, -0.1) is 0 Å². The van der Waals surface area contributed by atoms with Crippen LogP contribution in [0.1, 0.15) is 0 Å². The van der Waals surface area contributed by atoms with E-state index >= 15 is 0 Å². The van der Waals surface area contributed by atoms with Crippen LogP contribution in [0.2, 0.25) is 0 Å². The molecule has 0 amide bonds. The van der Waals surface area contributed by atoms with E-state index in [9.17, 15) is 8.42 Å². The Kier molecular flexibility index (Phi) is 2.03. The SMILES string of the molecule is O=S(=O)(O)O[Se-]. The normalized spacial score (nSPS) is 11.7. The maximum atomic E-state index is 9.30. The van der Waals surface area contributed by atoms with Crippen LogP contribution >= 0.6 is 0 Å². The molecule has 0 aliphatic carbocycles. The van der Waals surface area contributed by atoms with Crippen LogP contribution in [0.15, 0.2) is 0 Å². The molecule has 0 saturated carbocycles. The quantitative estimate of drug-likeness (QED) is 0.406. The Morgan fingerprint density at radius 1 is 1.67 bits per heavy atom. The van der Waals surface area contributed by atoms with Crippen LogP contribution in [0.25, 0.3) is 0 Å². The van der Waals surface area contributed by atoms with Crippen LogP contribution in [-0.4, -0.2) is 29.3 Å². The van der Waals surface area contributed by atoms with Gasteiger partial charge in [0, 0.05) is 0 Å². The fourth-order valence-electron chi connectivity index (χ4n) is 0. The molecule has 0 unspecified atom stereocenters. The number of rotatable bonds is 1. The van der Waals surface area contributed by atoms with Gasteiger partial charge in [0.15, 0.2) is 0 Å². The zero-order valence-corrected chi connectivity index (χ0v) is 5.02. The van der Waals surface area contributed by atoms with Crippen molar-refractivity contribution in [2.45, 2.75) is 0 Å². The molecule has 0 aromatic carbocycles. The van der Waals surface area contributed by atoms with Crippen LogP contribution < -0.4 is 0 Å². The summed E-state index contributed by atoms with van der Waals surface area (Å²) < 4.78 is 29.5. The van der Waals surface area contributed by atoms with E-state index in [2.05, 4.69) is 3.27 Å². The third-order valence-electron chi connectivity index (χ3n) is 0.0860. The maximum absolute atomic E-state index is 9.30. The van der Waals surface area contributed by atoms with Gasteiger partial charge < -0.3 is 0 Å². The summed E-state index contributed by atoms with van der Waals surface area (Å²) in [6.45, 7) is 0. The van der Waals surface area contributed by atoms with Crippen LogP contribution in [0.5, 0.6) is 0 Å². The molecule has 0 bridgehead atoms. The van der Waals surface area contributed by atoms with Gasteiger partial charge >= 0.3 is 43.0 Å². The zero-order chi connectivity index (χ0) is 5.21. The molecule has 0 fully saturated rings. The molecule has 0 saturated heterocycles. The molecular formula is HO4SSe-. The molecule has 0 spiro atoms. The van der Waals surface area contributed by atoms with Gasteiger partial charge in [0.1, 0.15) is 0 Å². The molecule has 1 N–H and O–H groups in total. The van der Waals surface area contributed by atoms with Crippen LogP contribution in [0.4, 0.5) is 0 Å². The van der Waals surface area contributed by atoms with Gasteiger partial charge in [-0.1, -0.05) is 0 Å². The van der Waals surface area contributed by atoms with E-state index in [-0.39, 0.29) is 0 Å². The molecule has 0 atom stereocenters. The minimum absolute atomic E-state index is 1.64. The molecule has 6 heavy (non-hydrogen) atoms. The summed E-state index contributed by atoms with van der Waals surface area (Å²) in [6.07, 6.45) is 0. The molecule has 0 heterocycles. The van der Waals surface area contributed by atoms with E-state index in [1.165, 1.54) is 0 Å². The molecule has 6 heteroatoms. The fourth-order valence-corrected chi connectivity index (χ4v) is 0. The average molecular weight is 176 g/mol. The van der Waals surface area contributed by atoms with Crippen molar-refractivity contribution in [3.8, 4) is 0 Å². The first-order chi connectivity index (χ1) is 2.56. The van der Waals surface area contributed by atoms with E-state index in [0.717, 1.165) is 0 Å². The summed E-state index contributed by atoms with van der Waals surface area (Å²) in [6, 6.07) is 0. The van der Waals surface area contributed by atoms with Gasteiger partial charge in [-0.2, -0.15) is 0 Å². The minimum atomic E-state index is -4.22. The van der Waals surface area contributed by atoms with Crippen LogP contribution in [0.3, 0.4) is 0 Å². The molecule has 0 rings (SSSR count). The van der Waals surface area contributed by atoms with Crippen molar-refractivity contribution >= 4 is 26.7 Å². The van der Waals surface area contributed by atoms with Crippen molar-refractivity contribution in [2.75, 3.05) is 0 Å². The summed E-state index contributed by atoms with van der Waals surface area (Å²) in [5, 5.41) is 0. The third-order valence-corrected chi connectivity index (χ3v) is 1.34. The number of hydrogen-bond donors (Lipinski definition) is 1. The molecule has 0 aromatic rings. The zero-order valence-electron chi connectivity index (χ0n) is 2.49. The first-order valence-corrected chi connectivity index (χ1v) is 2.91. The third kappa shape index (κ3) is 4.39. The number of hydrogen-bond acceptors (Lipinski definition) is 3. The van der Waals surface area contributed by atoms with Crippen LogP contribution in [0, 0.1) is 0 Å². The van der Waals surface area contributed by atoms with Gasteiger partial charge in [-0.3, -0.25) is 0 Å². The van der Waals surface area contributed by atoms with E-state index in [1.54, 1.807) is 16.3 Å². The summed E-state index contributed by atoms with van der Waals surface area (Å²) in [5.74, 6) is 0. The molecule has 0 aromatic heterocycles. The van der Waals surface area contributed by atoms with Crippen molar-refractivity contribution in [1.29, 1.82) is 0 Å². The van der Waals surface area contributed by atoms with Gasteiger partial charge in [-0.05, 0) is 0 Å². The van der Waals surface area contributed by atoms with Crippen molar-refractivity contribution in [1.82, 2.24) is 0 Å². The summed E-state index contributed by atoms with van der Waals surface area (Å²) in [7, 11) is -4.22. The van der Waals surface area contributed by atoms with Gasteiger partial charge in [-0.25, -0.2) is 0 Å². The van der Waals surface area contributed by atoms with E-state index in [1.807, 2.05) is 0 Å². The first-order valence-electron chi connectivity index (χ1n) is 0.849.